The van der Waals surface area contributed by atoms with Gasteiger partial charge in [-0.2, -0.15) is 0 Å². The molecule has 0 spiro atoms. The van der Waals surface area contributed by atoms with Gasteiger partial charge in [0.2, 0.25) is 0 Å². The van der Waals surface area contributed by atoms with Gasteiger partial charge in [-0.05, 0) is 30.2 Å². The number of carbonyl (C=O) groups excluding carboxylic acids is 1. The quantitative estimate of drug-likeness (QED) is 0.929. The maximum atomic E-state index is 13.6. The predicted octanol–water partition coefficient (Wildman–Crippen LogP) is 3.09. The first-order chi connectivity index (χ1) is 9.58. The molecule has 0 bridgehead atoms. The zero-order chi connectivity index (χ0) is 14.5. The molecule has 0 unspecified atom stereocenters. The topological polar surface area (TPSA) is 42.0 Å². The van der Waals surface area contributed by atoms with Crippen LogP contribution in [0.3, 0.4) is 0 Å². The summed E-state index contributed by atoms with van der Waals surface area (Å²) in [7, 11) is 0. The average molecular weight is 341 g/mol. The molecule has 1 amide bonds. The number of pyridine rings is 1. The summed E-state index contributed by atoms with van der Waals surface area (Å²) < 4.78 is 27.4. The summed E-state index contributed by atoms with van der Waals surface area (Å²) in [5.41, 5.74) is 0.365. The molecule has 2 aromatic rings. The first-order valence-electron chi connectivity index (χ1n) is 5.89. The summed E-state index contributed by atoms with van der Waals surface area (Å²) >= 11 is 2.96. The highest BCUT2D eigenvalue weighted by Crippen LogP contribution is 2.19. The highest BCUT2D eigenvalue weighted by atomic mass is 79.9. The molecule has 0 saturated heterocycles. The van der Waals surface area contributed by atoms with E-state index in [-0.39, 0.29) is 11.0 Å². The van der Waals surface area contributed by atoms with Crippen LogP contribution in [0.25, 0.3) is 0 Å². The molecule has 0 radical (unpaired) electrons. The molecule has 1 heterocycles. The number of nitrogens with zero attached hydrogens (tertiary/aromatic N) is 1. The van der Waals surface area contributed by atoms with Crippen molar-refractivity contribution in [1.29, 1.82) is 0 Å². The van der Waals surface area contributed by atoms with E-state index in [0.717, 1.165) is 17.7 Å². The van der Waals surface area contributed by atoms with Gasteiger partial charge in [0.15, 0.2) is 0 Å². The van der Waals surface area contributed by atoms with Crippen molar-refractivity contribution >= 4 is 21.8 Å². The second-order valence-corrected chi connectivity index (χ2v) is 5.03. The number of halogens is 3. The van der Waals surface area contributed by atoms with E-state index in [9.17, 15) is 13.6 Å². The lowest BCUT2D eigenvalue weighted by atomic mass is 10.1. The zero-order valence-corrected chi connectivity index (χ0v) is 12.0. The highest BCUT2D eigenvalue weighted by molar-refractivity contribution is 9.10. The van der Waals surface area contributed by atoms with Gasteiger partial charge in [-0.3, -0.25) is 9.78 Å². The van der Waals surface area contributed by atoms with Crippen LogP contribution in [-0.2, 0) is 6.42 Å². The van der Waals surface area contributed by atoms with Crippen molar-refractivity contribution in [3.05, 3.63) is 63.9 Å². The van der Waals surface area contributed by atoms with Crippen LogP contribution in [0.1, 0.15) is 15.9 Å². The van der Waals surface area contributed by atoms with Gasteiger partial charge in [-0.15, -0.1) is 0 Å². The first-order valence-corrected chi connectivity index (χ1v) is 6.69. The number of hydrogen-bond donors (Lipinski definition) is 1. The van der Waals surface area contributed by atoms with Gasteiger partial charge in [-0.25, -0.2) is 8.78 Å². The molecule has 3 nitrogen and oxygen atoms in total. The van der Waals surface area contributed by atoms with Crippen LogP contribution in [0.4, 0.5) is 8.78 Å². The van der Waals surface area contributed by atoms with Crippen molar-refractivity contribution in [2.75, 3.05) is 6.54 Å². The molecule has 1 aromatic carbocycles. The second-order valence-electron chi connectivity index (χ2n) is 4.11. The van der Waals surface area contributed by atoms with E-state index in [1.807, 2.05) is 6.07 Å². The molecule has 6 heteroatoms. The van der Waals surface area contributed by atoms with Gasteiger partial charge < -0.3 is 5.32 Å². The Morgan fingerprint density at radius 2 is 2.00 bits per heavy atom. The number of hydrogen-bond acceptors (Lipinski definition) is 2. The number of benzene rings is 1. The van der Waals surface area contributed by atoms with E-state index in [0.29, 0.717) is 6.42 Å². The third kappa shape index (κ3) is 3.60. The average Bonchev–Trinajstić information content (AvgIpc) is 2.38. The lowest BCUT2D eigenvalue weighted by Gasteiger charge is -2.07. The third-order valence-electron chi connectivity index (χ3n) is 2.66. The minimum absolute atomic E-state index is 0.249. The fourth-order valence-corrected chi connectivity index (χ4v) is 2.12. The van der Waals surface area contributed by atoms with Gasteiger partial charge in [0.05, 0.1) is 0 Å². The fourth-order valence-electron chi connectivity index (χ4n) is 1.71. The van der Waals surface area contributed by atoms with E-state index in [1.54, 1.807) is 18.5 Å². The second kappa shape index (κ2) is 6.56. The van der Waals surface area contributed by atoms with E-state index in [1.165, 1.54) is 0 Å². The number of carbonyl (C=O) groups is 1. The van der Waals surface area contributed by atoms with Gasteiger partial charge >= 0.3 is 0 Å². The maximum absolute atomic E-state index is 13.6. The Balaban J connectivity index is 1.99. The predicted molar refractivity (Wildman–Crippen MR) is 74.3 cm³/mol. The molecule has 1 N–H and O–H groups in total. The summed E-state index contributed by atoms with van der Waals surface area (Å²) in [4.78, 5) is 15.7. The fraction of sp³-hybridized carbons (Fsp3) is 0.143. The van der Waals surface area contributed by atoms with Crippen LogP contribution in [-0.4, -0.2) is 17.4 Å². The van der Waals surface area contributed by atoms with Gasteiger partial charge in [-0.1, -0.05) is 22.0 Å². The molecule has 0 atom stereocenters. The molecular formula is C14H11BrF2N2O. The molecule has 2 rings (SSSR count). The Bertz CT molecular complexity index is 597. The van der Waals surface area contributed by atoms with Crippen molar-refractivity contribution in [2.45, 2.75) is 6.42 Å². The van der Waals surface area contributed by atoms with Gasteiger partial charge in [0.1, 0.15) is 17.2 Å². The Kier molecular flexibility index (Phi) is 4.79. The standard InChI is InChI=1S/C14H11BrF2N2O/c15-10-6-11(16)13(12(17)7-10)14(20)19-5-3-9-2-1-4-18-8-9/h1-2,4,6-8H,3,5H2,(H,19,20). The van der Waals surface area contributed by atoms with E-state index in [4.69, 9.17) is 0 Å². The molecule has 1 aromatic heterocycles. The summed E-state index contributed by atoms with van der Waals surface area (Å²) in [6.45, 7) is 0.277. The lowest BCUT2D eigenvalue weighted by Crippen LogP contribution is -2.27. The van der Waals surface area contributed by atoms with Crippen LogP contribution in [0.2, 0.25) is 0 Å². The molecule has 0 fully saturated rings. The zero-order valence-electron chi connectivity index (χ0n) is 10.4. The summed E-state index contributed by atoms with van der Waals surface area (Å²) in [6.07, 6.45) is 3.86. The Hall–Kier alpha value is -1.82. The number of rotatable bonds is 4. The summed E-state index contributed by atoms with van der Waals surface area (Å²) in [6, 6.07) is 5.75. The molecular weight excluding hydrogens is 330 g/mol. The minimum atomic E-state index is -0.893. The highest BCUT2D eigenvalue weighted by Gasteiger charge is 2.17. The van der Waals surface area contributed by atoms with Crippen LogP contribution in [0.15, 0.2) is 41.1 Å². The van der Waals surface area contributed by atoms with Gasteiger partial charge in [0, 0.05) is 23.4 Å². The largest absolute Gasteiger partial charge is 0.352 e. The van der Waals surface area contributed by atoms with Crippen molar-refractivity contribution in [1.82, 2.24) is 10.3 Å². The van der Waals surface area contributed by atoms with Crippen LogP contribution in [0, 0.1) is 11.6 Å². The van der Waals surface area contributed by atoms with Crippen LogP contribution in [0.5, 0.6) is 0 Å². The van der Waals surface area contributed by atoms with E-state index < -0.39 is 23.1 Å². The smallest absolute Gasteiger partial charge is 0.257 e. The maximum Gasteiger partial charge on any atom is 0.257 e. The number of nitrogens with one attached hydrogen (secondary N) is 1. The molecule has 0 aliphatic carbocycles. The van der Waals surface area contributed by atoms with Crippen molar-refractivity contribution < 1.29 is 13.6 Å². The molecule has 0 aliphatic heterocycles. The minimum Gasteiger partial charge on any atom is -0.352 e. The number of amides is 1. The van der Waals surface area contributed by atoms with E-state index >= 15 is 0 Å². The van der Waals surface area contributed by atoms with Crippen molar-refractivity contribution in [3.63, 3.8) is 0 Å². The Morgan fingerprint density at radius 3 is 2.60 bits per heavy atom. The summed E-state index contributed by atoms with van der Waals surface area (Å²) in [5.74, 6) is -2.55. The molecule has 20 heavy (non-hydrogen) atoms. The molecule has 0 aliphatic rings. The van der Waals surface area contributed by atoms with Crippen molar-refractivity contribution in [3.8, 4) is 0 Å². The van der Waals surface area contributed by atoms with Crippen LogP contribution < -0.4 is 5.32 Å². The number of aromatic nitrogens is 1. The molecule has 104 valence electrons. The first kappa shape index (κ1) is 14.6. The monoisotopic (exact) mass is 340 g/mol. The van der Waals surface area contributed by atoms with E-state index in [2.05, 4.69) is 26.2 Å². The summed E-state index contributed by atoms with van der Waals surface area (Å²) in [5, 5.41) is 2.49. The van der Waals surface area contributed by atoms with Crippen molar-refractivity contribution in [2.24, 2.45) is 0 Å². The Labute approximate surface area is 123 Å². The van der Waals surface area contributed by atoms with Gasteiger partial charge in [0.25, 0.3) is 5.91 Å². The molecule has 0 saturated carbocycles. The Morgan fingerprint density at radius 1 is 1.30 bits per heavy atom. The third-order valence-corrected chi connectivity index (χ3v) is 3.11. The SMILES string of the molecule is O=C(NCCc1cccnc1)c1c(F)cc(Br)cc1F. The normalized spacial score (nSPS) is 10.3. The van der Waals surface area contributed by atoms with Crippen LogP contribution >= 0.6 is 15.9 Å². The lowest BCUT2D eigenvalue weighted by molar-refractivity contribution is 0.0945.